The highest BCUT2D eigenvalue weighted by Crippen LogP contribution is 2.30. The molecule has 1 atom stereocenters. The second kappa shape index (κ2) is 6.80. The lowest BCUT2D eigenvalue weighted by Crippen LogP contribution is -2.21. The van der Waals surface area contributed by atoms with Crippen LogP contribution in [-0.4, -0.2) is 26.8 Å². The number of rotatable bonds is 6. The highest BCUT2D eigenvalue weighted by Gasteiger charge is 2.14. The quantitative estimate of drug-likeness (QED) is 0.855. The topological polar surface area (TPSA) is 30.5 Å². The molecule has 1 fully saturated rings. The maximum absolute atomic E-state index is 5.50. The third-order valence-corrected chi connectivity index (χ3v) is 4.00. The minimum Gasteiger partial charge on any atom is -0.497 e. The molecule has 3 nitrogen and oxygen atoms in total. The van der Waals surface area contributed by atoms with Crippen LogP contribution in [0, 0.1) is 6.92 Å². The van der Waals surface area contributed by atoms with Crippen molar-refractivity contribution in [3.8, 4) is 11.5 Å². The molecule has 1 heterocycles. The molecule has 2 rings (SSSR count). The van der Waals surface area contributed by atoms with E-state index in [-0.39, 0.29) is 0 Å². The van der Waals surface area contributed by atoms with Gasteiger partial charge in [-0.3, -0.25) is 0 Å². The summed E-state index contributed by atoms with van der Waals surface area (Å²) in [5, 5.41) is 3.55. The average molecular weight is 263 g/mol. The number of methoxy groups -OCH3 is 2. The molecular formula is C16H25NO2. The van der Waals surface area contributed by atoms with Gasteiger partial charge < -0.3 is 14.8 Å². The van der Waals surface area contributed by atoms with Gasteiger partial charge in [-0.1, -0.05) is 0 Å². The third-order valence-electron chi connectivity index (χ3n) is 4.00. The van der Waals surface area contributed by atoms with Crippen molar-refractivity contribution in [3.63, 3.8) is 0 Å². The van der Waals surface area contributed by atoms with E-state index in [2.05, 4.69) is 18.3 Å². The first-order valence-corrected chi connectivity index (χ1v) is 7.19. The van der Waals surface area contributed by atoms with Crippen LogP contribution in [0.15, 0.2) is 12.1 Å². The number of aryl methyl sites for hydroxylation is 1. The van der Waals surface area contributed by atoms with Gasteiger partial charge >= 0.3 is 0 Å². The zero-order valence-corrected chi connectivity index (χ0v) is 12.3. The van der Waals surface area contributed by atoms with Gasteiger partial charge in [0, 0.05) is 12.1 Å². The van der Waals surface area contributed by atoms with Gasteiger partial charge in [-0.25, -0.2) is 0 Å². The molecule has 0 bridgehead atoms. The maximum atomic E-state index is 5.50. The van der Waals surface area contributed by atoms with Crippen LogP contribution < -0.4 is 14.8 Å². The van der Waals surface area contributed by atoms with Gasteiger partial charge in [0.15, 0.2) is 0 Å². The van der Waals surface area contributed by atoms with E-state index in [1.165, 1.54) is 43.4 Å². The first-order chi connectivity index (χ1) is 9.24. The smallest absolute Gasteiger partial charge is 0.126 e. The molecule has 0 radical (unpaired) electrons. The maximum Gasteiger partial charge on any atom is 0.126 e. The van der Waals surface area contributed by atoms with Crippen LogP contribution in [0.5, 0.6) is 11.5 Å². The summed E-state index contributed by atoms with van der Waals surface area (Å²) in [6, 6.07) is 4.80. The molecule has 3 heteroatoms. The summed E-state index contributed by atoms with van der Waals surface area (Å²) >= 11 is 0. The van der Waals surface area contributed by atoms with E-state index in [4.69, 9.17) is 9.47 Å². The van der Waals surface area contributed by atoms with E-state index < -0.39 is 0 Å². The number of hydrogen-bond acceptors (Lipinski definition) is 3. The zero-order valence-electron chi connectivity index (χ0n) is 12.3. The van der Waals surface area contributed by atoms with Gasteiger partial charge in [-0.05, 0) is 62.8 Å². The molecule has 0 saturated carbocycles. The largest absolute Gasteiger partial charge is 0.497 e. The van der Waals surface area contributed by atoms with Crippen molar-refractivity contribution >= 4 is 0 Å². The van der Waals surface area contributed by atoms with Crippen molar-refractivity contribution in [2.75, 3.05) is 20.8 Å². The standard InChI is InChI=1S/C16H25NO2/c1-12-10-14(18-2)11-16(19-3)15(12)8-4-6-13-7-5-9-17-13/h10-11,13,17H,4-9H2,1-3H3. The molecular weight excluding hydrogens is 238 g/mol. The summed E-state index contributed by atoms with van der Waals surface area (Å²) in [7, 11) is 3.43. The Hall–Kier alpha value is -1.22. The summed E-state index contributed by atoms with van der Waals surface area (Å²) in [6.45, 7) is 3.32. The van der Waals surface area contributed by atoms with Gasteiger partial charge in [0.25, 0.3) is 0 Å². The monoisotopic (exact) mass is 263 g/mol. The number of ether oxygens (including phenoxy) is 2. The Morgan fingerprint density at radius 2 is 2.11 bits per heavy atom. The van der Waals surface area contributed by atoms with Gasteiger partial charge in [-0.15, -0.1) is 0 Å². The van der Waals surface area contributed by atoms with E-state index in [0.29, 0.717) is 0 Å². The average Bonchev–Trinajstić information content (AvgIpc) is 2.93. The minimum absolute atomic E-state index is 0.726. The first kappa shape index (κ1) is 14.2. The molecule has 1 aliphatic rings. The normalized spacial score (nSPS) is 18.6. The van der Waals surface area contributed by atoms with Crippen LogP contribution in [0.2, 0.25) is 0 Å². The van der Waals surface area contributed by atoms with Gasteiger partial charge in [0.2, 0.25) is 0 Å². The molecule has 1 aromatic carbocycles. The van der Waals surface area contributed by atoms with Gasteiger partial charge in [0.1, 0.15) is 11.5 Å². The lowest BCUT2D eigenvalue weighted by atomic mass is 9.99. The molecule has 0 aromatic heterocycles. The summed E-state index contributed by atoms with van der Waals surface area (Å²) in [5.41, 5.74) is 2.58. The fraction of sp³-hybridized carbons (Fsp3) is 0.625. The van der Waals surface area contributed by atoms with Crippen molar-refractivity contribution in [1.29, 1.82) is 0 Å². The Bertz CT molecular complexity index is 411. The van der Waals surface area contributed by atoms with Crippen molar-refractivity contribution in [2.45, 2.75) is 45.1 Å². The number of benzene rings is 1. The van der Waals surface area contributed by atoms with E-state index in [9.17, 15) is 0 Å². The third kappa shape index (κ3) is 3.63. The Balaban J connectivity index is 1.98. The second-order valence-corrected chi connectivity index (χ2v) is 5.31. The summed E-state index contributed by atoms with van der Waals surface area (Å²) < 4.78 is 10.8. The Morgan fingerprint density at radius 3 is 2.74 bits per heavy atom. The van der Waals surface area contributed by atoms with E-state index in [1.807, 2.05) is 6.07 Å². The fourth-order valence-corrected chi connectivity index (χ4v) is 2.90. The van der Waals surface area contributed by atoms with E-state index in [1.54, 1.807) is 14.2 Å². The fourth-order valence-electron chi connectivity index (χ4n) is 2.90. The summed E-state index contributed by atoms with van der Waals surface area (Å²) in [6.07, 6.45) is 6.21. The van der Waals surface area contributed by atoms with Crippen LogP contribution in [0.25, 0.3) is 0 Å². The molecule has 0 amide bonds. The molecule has 106 valence electrons. The molecule has 0 spiro atoms. The Kier molecular flexibility index (Phi) is 5.08. The lowest BCUT2D eigenvalue weighted by molar-refractivity contribution is 0.389. The van der Waals surface area contributed by atoms with Crippen molar-refractivity contribution in [3.05, 3.63) is 23.3 Å². The Labute approximate surface area is 116 Å². The van der Waals surface area contributed by atoms with Crippen LogP contribution in [-0.2, 0) is 6.42 Å². The van der Waals surface area contributed by atoms with Gasteiger partial charge in [-0.2, -0.15) is 0 Å². The van der Waals surface area contributed by atoms with E-state index >= 15 is 0 Å². The summed E-state index contributed by atoms with van der Waals surface area (Å²) in [4.78, 5) is 0. The van der Waals surface area contributed by atoms with Crippen molar-refractivity contribution < 1.29 is 9.47 Å². The molecule has 1 aliphatic heterocycles. The van der Waals surface area contributed by atoms with Crippen LogP contribution >= 0.6 is 0 Å². The molecule has 1 saturated heterocycles. The first-order valence-electron chi connectivity index (χ1n) is 7.19. The molecule has 1 aromatic rings. The SMILES string of the molecule is COc1cc(C)c(CCCC2CCCN2)c(OC)c1. The van der Waals surface area contributed by atoms with Crippen LogP contribution in [0.4, 0.5) is 0 Å². The highest BCUT2D eigenvalue weighted by atomic mass is 16.5. The minimum atomic E-state index is 0.726. The number of hydrogen-bond donors (Lipinski definition) is 1. The lowest BCUT2D eigenvalue weighted by Gasteiger charge is -2.15. The zero-order chi connectivity index (χ0) is 13.7. The predicted octanol–water partition coefficient (Wildman–Crippen LogP) is 3.09. The molecule has 1 N–H and O–H groups in total. The van der Waals surface area contributed by atoms with Crippen LogP contribution in [0.3, 0.4) is 0 Å². The number of nitrogens with one attached hydrogen (secondary N) is 1. The van der Waals surface area contributed by atoms with E-state index in [0.717, 1.165) is 24.0 Å². The van der Waals surface area contributed by atoms with Crippen molar-refractivity contribution in [2.24, 2.45) is 0 Å². The predicted molar refractivity (Wildman–Crippen MR) is 78.2 cm³/mol. The molecule has 19 heavy (non-hydrogen) atoms. The van der Waals surface area contributed by atoms with Gasteiger partial charge in [0.05, 0.1) is 14.2 Å². The molecule has 1 unspecified atom stereocenters. The highest BCUT2D eigenvalue weighted by molar-refractivity contribution is 5.46. The van der Waals surface area contributed by atoms with Crippen LogP contribution in [0.1, 0.15) is 36.8 Å². The molecule has 0 aliphatic carbocycles. The Morgan fingerprint density at radius 1 is 1.26 bits per heavy atom. The van der Waals surface area contributed by atoms with Crippen molar-refractivity contribution in [1.82, 2.24) is 5.32 Å². The summed E-state index contributed by atoms with van der Waals surface area (Å²) in [5.74, 6) is 1.83. The second-order valence-electron chi connectivity index (χ2n) is 5.31.